The lowest BCUT2D eigenvalue weighted by Gasteiger charge is -2.25. The fourth-order valence-corrected chi connectivity index (χ4v) is 3.91. The number of aliphatic hydroxyl groups is 1. The Kier molecular flexibility index (Phi) is 5.87. The Morgan fingerprint density at radius 2 is 1.67 bits per heavy atom. The number of aryl methyl sites for hydroxylation is 1. The van der Waals surface area contributed by atoms with Crippen molar-refractivity contribution in [1.29, 1.82) is 0 Å². The van der Waals surface area contributed by atoms with Crippen LogP contribution in [0.25, 0.3) is 5.76 Å². The summed E-state index contributed by atoms with van der Waals surface area (Å²) < 4.78 is 5.18. The first kappa shape index (κ1) is 22.1. The number of benzene rings is 2. The van der Waals surface area contributed by atoms with Crippen LogP contribution in [-0.2, 0) is 9.59 Å². The second-order valence-corrected chi connectivity index (χ2v) is 8.02. The molecule has 4 rings (SSSR count). The van der Waals surface area contributed by atoms with E-state index in [2.05, 4.69) is 4.98 Å². The fraction of sp³-hybridized carbons (Fsp3) is 0.192. The number of aliphatic hydroxyl groups excluding tert-OH is 1. The number of carbonyl (C=O) groups excluding carboxylic acids is 2. The van der Waals surface area contributed by atoms with Gasteiger partial charge < -0.3 is 14.7 Å². The van der Waals surface area contributed by atoms with Crippen LogP contribution in [0.2, 0.25) is 0 Å². The minimum atomic E-state index is -0.822. The molecule has 7 heteroatoms. The largest absolute Gasteiger partial charge is 0.507 e. The van der Waals surface area contributed by atoms with Gasteiger partial charge in [0.1, 0.15) is 17.3 Å². The van der Waals surface area contributed by atoms with E-state index in [1.807, 2.05) is 56.3 Å². The zero-order valence-corrected chi connectivity index (χ0v) is 18.9. The Bertz CT molecular complexity index is 1230. The van der Waals surface area contributed by atoms with Gasteiger partial charge in [0, 0.05) is 31.0 Å². The molecular weight excluding hydrogens is 418 g/mol. The van der Waals surface area contributed by atoms with Gasteiger partial charge in [0.25, 0.3) is 5.78 Å². The average Bonchev–Trinajstić information content (AvgIpc) is 3.09. The van der Waals surface area contributed by atoms with Gasteiger partial charge in [-0.3, -0.25) is 14.5 Å². The van der Waals surface area contributed by atoms with Crippen molar-refractivity contribution in [3.8, 4) is 5.75 Å². The van der Waals surface area contributed by atoms with Crippen LogP contribution < -0.4 is 14.5 Å². The number of hydrogen-bond acceptors (Lipinski definition) is 6. The van der Waals surface area contributed by atoms with E-state index in [1.165, 1.54) is 4.90 Å². The van der Waals surface area contributed by atoms with Gasteiger partial charge in [-0.2, -0.15) is 0 Å². The van der Waals surface area contributed by atoms with Gasteiger partial charge in [0.05, 0.1) is 18.7 Å². The van der Waals surface area contributed by atoms with Crippen LogP contribution in [0.5, 0.6) is 5.75 Å². The maximum Gasteiger partial charge on any atom is 0.301 e. The molecule has 0 bridgehead atoms. The molecule has 3 aromatic rings. The van der Waals surface area contributed by atoms with Crippen molar-refractivity contribution in [2.45, 2.75) is 13.0 Å². The van der Waals surface area contributed by atoms with E-state index in [1.54, 1.807) is 43.5 Å². The van der Waals surface area contributed by atoms with Crippen molar-refractivity contribution in [1.82, 2.24) is 4.98 Å². The fourth-order valence-electron chi connectivity index (χ4n) is 3.91. The van der Waals surface area contributed by atoms with E-state index in [0.29, 0.717) is 28.4 Å². The molecular formula is C26H25N3O4. The Morgan fingerprint density at radius 3 is 2.24 bits per heavy atom. The number of anilines is 2. The minimum Gasteiger partial charge on any atom is -0.507 e. The summed E-state index contributed by atoms with van der Waals surface area (Å²) in [5, 5.41) is 11.2. The van der Waals surface area contributed by atoms with Crippen molar-refractivity contribution in [3.63, 3.8) is 0 Å². The molecule has 1 saturated heterocycles. The third-order valence-electron chi connectivity index (χ3n) is 5.65. The smallest absolute Gasteiger partial charge is 0.301 e. The predicted molar refractivity (Wildman–Crippen MR) is 128 cm³/mol. The highest BCUT2D eigenvalue weighted by Crippen LogP contribution is 2.42. The molecule has 1 amide bonds. The van der Waals surface area contributed by atoms with Crippen molar-refractivity contribution in [2.24, 2.45) is 0 Å². The van der Waals surface area contributed by atoms with E-state index in [4.69, 9.17) is 4.74 Å². The zero-order chi connectivity index (χ0) is 23.7. The Morgan fingerprint density at radius 1 is 1.00 bits per heavy atom. The second kappa shape index (κ2) is 8.78. The van der Waals surface area contributed by atoms with Gasteiger partial charge in [-0.05, 0) is 61.0 Å². The highest BCUT2D eigenvalue weighted by Gasteiger charge is 2.47. The van der Waals surface area contributed by atoms with E-state index in [9.17, 15) is 14.7 Å². The standard InChI is InChI=1S/C26H25N3O4/c1-16-6-5-7-21(27-16)29-23(17-8-12-19(13-9-17)28(2)3)22(25(31)26(29)32)24(30)18-10-14-20(33-4)15-11-18/h5-15,23,30H,1-4H3. The van der Waals surface area contributed by atoms with Gasteiger partial charge in [-0.15, -0.1) is 0 Å². The molecule has 0 aliphatic carbocycles. The lowest BCUT2D eigenvalue weighted by molar-refractivity contribution is -0.132. The topological polar surface area (TPSA) is 83.0 Å². The van der Waals surface area contributed by atoms with Crippen molar-refractivity contribution in [3.05, 3.63) is 89.1 Å². The number of nitrogens with zero attached hydrogens (tertiary/aromatic N) is 3. The zero-order valence-electron chi connectivity index (χ0n) is 18.9. The number of aromatic nitrogens is 1. The average molecular weight is 444 g/mol. The molecule has 1 N–H and O–H groups in total. The van der Waals surface area contributed by atoms with Gasteiger partial charge in [-0.1, -0.05) is 18.2 Å². The summed E-state index contributed by atoms with van der Waals surface area (Å²) in [5.41, 5.74) is 2.82. The van der Waals surface area contributed by atoms with Crippen LogP contribution in [0.3, 0.4) is 0 Å². The SMILES string of the molecule is COc1ccc(C(O)=C2C(=O)C(=O)N(c3cccc(C)n3)C2c2ccc(N(C)C)cc2)cc1. The minimum absolute atomic E-state index is 0.0195. The summed E-state index contributed by atoms with van der Waals surface area (Å²) in [6, 6.07) is 18.7. The molecule has 1 atom stereocenters. The number of amides is 1. The maximum absolute atomic E-state index is 13.2. The lowest BCUT2D eigenvalue weighted by Crippen LogP contribution is -2.30. The van der Waals surface area contributed by atoms with E-state index < -0.39 is 17.7 Å². The number of pyridine rings is 1. The summed E-state index contributed by atoms with van der Waals surface area (Å²) in [7, 11) is 5.41. The molecule has 0 saturated carbocycles. The van der Waals surface area contributed by atoms with E-state index >= 15 is 0 Å². The van der Waals surface area contributed by atoms with Crippen LogP contribution in [-0.4, -0.2) is 43.0 Å². The number of hydrogen-bond donors (Lipinski definition) is 1. The first-order valence-corrected chi connectivity index (χ1v) is 10.5. The molecule has 1 aliphatic rings. The Hall–Kier alpha value is -4.13. The molecule has 2 heterocycles. The van der Waals surface area contributed by atoms with E-state index in [0.717, 1.165) is 5.69 Å². The van der Waals surface area contributed by atoms with Crippen LogP contribution in [0.4, 0.5) is 11.5 Å². The second-order valence-electron chi connectivity index (χ2n) is 8.02. The monoisotopic (exact) mass is 443 g/mol. The number of Topliss-reactive ketones (excluding diaryl/α,β-unsaturated/α-hetero) is 1. The van der Waals surface area contributed by atoms with E-state index in [-0.39, 0.29) is 11.3 Å². The molecule has 1 aromatic heterocycles. The van der Waals surface area contributed by atoms with Crippen molar-refractivity contribution < 1.29 is 19.4 Å². The van der Waals surface area contributed by atoms with Gasteiger partial charge in [-0.25, -0.2) is 4.98 Å². The van der Waals surface area contributed by atoms with Crippen LogP contribution in [0, 0.1) is 6.92 Å². The summed E-state index contributed by atoms with van der Waals surface area (Å²) in [5.74, 6) is -0.759. The van der Waals surface area contributed by atoms with Crippen LogP contribution >= 0.6 is 0 Å². The summed E-state index contributed by atoms with van der Waals surface area (Å²) in [6.07, 6.45) is 0. The molecule has 0 spiro atoms. The van der Waals surface area contributed by atoms with Gasteiger partial charge >= 0.3 is 5.91 Å². The molecule has 1 fully saturated rings. The first-order valence-electron chi connectivity index (χ1n) is 10.5. The third kappa shape index (κ3) is 4.05. The summed E-state index contributed by atoms with van der Waals surface area (Å²) >= 11 is 0. The molecule has 168 valence electrons. The highest BCUT2D eigenvalue weighted by molar-refractivity contribution is 6.51. The molecule has 7 nitrogen and oxygen atoms in total. The number of ether oxygens (including phenoxy) is 1. The Balaban J connectivity index is 1.91. The summed E-state index contributed by atoms with van der Waals surface area (Å²) in [6.45, 7) is 1.82. The van der Waals surface area contributed by atoms with Crippen molar-refractivity contribution >= 4 is 29.0 Å². The molecule has 33 heavy (non-hydrogen) atoms. The summed E-state index contributed by atoms with van der Waals surface area (Å²) in [4.78, 5) is 34.2. The first-order chi connectivity index (χ1) is 15.8. The predicted octanol–water partition coefficient (Wildman–Crippen LogP) is 4.09. The molecule has 1 unspecified atom stereocenters. The number of carbonyl (C=O) groups is 2. The lowest BCUT2D eigenvalue weighted by atomic mass is 9.95. The Labute approximate surface area is 192 Å². The maximum atomic E-state index is 13.2. The molecule has 0 radical (unpaired) electrons. The van der Waals surface area contributed by atoms with Crippen LogP contribution in [0.15, 0.2) is 72.3 Å². The molecule has 2 aromatic carbocycles. The number of rotatable bonds is 5. The van der Waals surface area contributed by atoms with Gasteiger partial charge in [0.15, 0.2) is 0 Å². The van der Waals surface area contributed by atoms with Crippen LogP contribution in [0.1, 0.15) is 22.9 Å². The highest BCUT2D eigenvalue weighted by atomic mass is 16.5. The number of methoxy groups -OCH3 is 1. The normalized spacial score (nSPS) is 17.3. The molecule has 1 aliphatic heterocycles. The van der Waals surface area contributed by atoms with Crippen molar-refractivity contribution in [2.75, 3.05) is 31.0 Å². The quantitative estimate of drug-likeness (QED) is 0.363. The number of ketones is 1. The third-order valence-corrected chi connectivity index (χ3v) is 5.65. The van der Waals surface area contributed by atoms with Gasteiger partial charge in [0.2, 0.25) is 0 Å².